The lowest BCUT2D eigenvalue weighted by Crippen LogP contribution is -2.44. The monoisotopic (exact) mass is 158 g/mol. The van der Waals surface area contributed by atoms with Crippen LogP contribution >= 0.6 is 0 Å². The second-order valence-electron chi connectivity index (χ2n) is 2.69. The van der Waals surface area contributed by atoms with Gasteiger partial charge in [-0.25, -0.2) is 0 Å². The van der Waals surface area contributed by atoms with E-state index in [0.717, 1.165) is 6.54 Å². The summed E-state index contributed by atoms with van der Waals surface area (Å²) >= 11 is 0. The van der Waals surface area contributed by atoms with Gasteiger partial charge in [0.15, 0.2) is 0 Å². The molecule has 0 aromatic rings. The van der Waals surface area contributed by atoms with E-state index in [1.807, 2.05) is 13.8 Å². The van der Waals surface area contributed by atoms with Crippen LogP contribution in [0.4, 0.5) is 0 Å². The van der Waals surface area contributed by atoms with Gasteiger partial charge in [-0.3, -0.25) is 4.90 Å². The van der Waals surface area contributed by atoms with Gasteiger partial charge in [-0.15, -0.1) is 0 Å². The van der Waals surface area contributed by atoms with E-state index in [-0.39, 0.29) is 0 Å². The molecule has 1 saturated heterocycles. The van der Waals surface area contributed by atoms with Gasteiger partial charge in [0.1, 0.15) is 0 Å². The van der Waals surface area contributed by atoms with E-state index in [4.69, 9.17) is 5.73 Å². The molecule has 0 aliphatic carbocycles. The predicted molar refractivity (Wildman–Crippen MR) is 50.4 cm³/mol. The highest BCUT2D eigenvalue weighted by Gasteiger charge is 2.15. The molecule has 0 amide bonds. The molecule has 0 saturated carbocycles. The Morgan fingerprint density at radius 1 is 1.36 bits per heavy atom. The van der Waals surface area contributed by atoms with Gasteiger partial charge in [0.05, 0.1) is 6.17 Å². The second kappa shape index (κ2) is 6.62. The molecule has 1 aliphatic heterocycles. The molecule has 68 valence electrons. The lowest BCUT2D eigenvalue weighted by atomic mass is 10.1. The zero-order valence-corrected chi connectivity index (χ0v) is 8.14. The van der Waals surface area contributed by atoms with Gasteiger partial charge in [-0.05, 0) is 32.4 Å². The largest absolute Gasteiger partial charge is 0.316 e. The Morgan fingerprint density at radius 3 is 2.36 bits per heavy atom. The number of rotatable bonds is 1. The van der Waals surface area contributed by atoms with Crippen molar-refractivity contribution in [3.05, 3.63) is 0 Å². The summed E-state index contributed by atoms with van der Waals surface area (Å²) in [5.41, 5.74) is 5.82. The normalized spacial score (nSPS) is 25.6. The summed E-state index contributed by atoms with van der Waals surface area (Å²) in [6, 6.07) is 0. The van der Waals surface area contributed by atoms with Crippen LogP contribution in [0.1, 0.15) is 40.0 Å². The van der Waals surface area contributed by atoms with Gasteiger partial charge < -0.3 is 5.73 Å². The molecule has 1 aliphatic rings. The Labute approximate surface area is 70.8 Å². The lowest BCUT2D eigenvalue weighted by molar-refractivity contribution is 0.160. The number of likely N-dealkylation sites (tertiary alicyclic amines) is 1. The molecular weight excluding hydrogens is 136 g/mol. The van der Waals surface area contributed by atoms with Crippen LogP contribution in [0.5, 0.6) is 0 Å². The Bertz CT molecular complexity index is 83.6. The van der Waals surface area contributed by atoms with Crippen LogP contribution in [-0.4, -0.2) is 24.2 Å². The Balaban J connectivity index is 0.000000461. The van der Waals surface area contributed by atoms with E-state index >= 15 is 0 Å². The molecule has 0 aromatic carbocycles. The van der Waals surface area contributed by atoms with Gasteiger partial charge in [0.25, 0.3) is 0 Å². The number of nitrogens with zero attached hydrogens (tertiary/aromatic N) is 1. The van der Waals surface area contributed by atoms with Crippen LogP contribution in [0.3, 0.4) is 0 Å². The second-order valence-corrected chi connectivity index (χ2v) is 2.69. The minimum absolute atomic E-state index is 0.351. The summed E-state index contributed by atoms with van der Waals surface area (Å²) in [6.45, 7) is 8.49. The van der Waals surface area contributed by atoms with Crippen LogP contribution in [0.25, 0.3) is 0 Å². The standard InChI is InChI=1S/C7H16N2.C2H6/c1-2-9-6-4-3-5-7(9)8;1-2/h7H,2-6,8H2,1H3;1-2H3. The van der Waals surface area contributed by atoms with Crippen LogP contribution in [0.2, 0.25) is 0 Å². The lowest BCUT2D eigenvalue weighted by Gasteiger charge is -2.31. The molecule has 2 heteroatoms. The minimum atomic E-state index is 0.351. The van der Waals surface area contributed by atoms with E-state index in [0.29, 0.717) is 6.17 Å². The van der Waals surface area contributed by atoms with Crippen LogP contribution in [-0.2, 0) is 0 Å². The highest BCUT2D eigenvalue weighted by Crippen LogP contribution is 2.11. The van der Waals surface area contributed by atoms with Crippen molar-refractivity contribution in [2.24, 2.45) is 5.73 Å². The average molecular weight is 158 g/mol. The molecule has 2 nitrogen and oxygen atoms in total. The van der Waals surface area contributed by atoms with Crippen LogP contribution < -0.4 is 5.73 Å². The summed E-state index contributed by atoms with van der Waals surface area (Å²) in [7, 11) is 0. The molecule has 11 heavy (non-hydrogen) atoms. The van der Waals surface area contributed by atoms with Gasteiger partial charge >= 0.3 is 0 Å². The van der Waals surface area contributed by atoms with Crippen molar-refractivity contribution < 1.29 is 0 Å². The van der Waals surface area contributed by atoms with E-state index in [1.165, 1.54) is 25.8 Å². The number of nitrogens with two attached hydrogens (primary N) is 1. The number of hydrogen-bond acceptors (Lipinski definition) is 2. The van der Waals surface area contributed by atoms with Gasteiger partial charge in [0.2, 0.25) is 0 Å². The fourth-order valence-corrected chi connectivity index (χ4v) is 1.41. The minimum Gasteiger partial charge on any atom is -0.316 e. The van der Waals surface area contributed by atoms with Crippen molar-refractivity contribution in [1.82, 2.24) is 4.90 Å². The zero-order chi connectivity index (χ0) is 8.69. The van der Waals surface area contributed by atoms with Crippen molar-refractivity contribution in [3.8, 4) is 0 Å². The molecule has 1 rings (SSSR count). The fraction of sp³-hybridized carbons (Fsp3) is 1.00. The van der Waals surface area contributed by atoms with Crippen molar-refractivity contribution in [2.45, 2.75) is 46.2 Å². The first-order valence-corrected chi connectivity index (χ1v) is 4.84. The third-order valence-electron chi connectivity index (χ3n) is 2.07. The van der Waals surface area contributed by atoms with Crippen molar-refractivity contribution in [2.75, 3.05) is 13.1 Å². The van der Waals surface area contributed by atoms with E-state index in [9.17, 15) is 0 Å². The van der Waals surface area contributed by atoms with Crippen LogP contribution in [0, 0.1) is 0 Å². The smallest absolute Gasteiger partial charge is 0.0571 e. The van der Waals surface area contributed by atoms with Gasteiger partial charge in [-0.1, -0.05) is 20.8 Å². The molecular formula is C9H22N2. The topological polar surface area (TPSA) is 29.3 Å². The predicted octanol–water partition coefficient (Wildman–Crippen LogP) is 1.80. The summed E-state index contributed by atoms with van der Waals surface area (Å²) < 4.78 is 0. The Hall–Kier alpha value is -0.0800. The fourth-order valence-electron chi connectivity index (χ4n) is 1.41. The maximum absolute atomic E-state index is 5.82. The van der Waals surface area contributed by atoms with Crippen molar-refractivity contribution in [3.63, 3.8) is 0 Å². The quantitative estimate of drug-likeness (QED) is 0.630. The number of piperidine rings is 1. The zero-order valence-electron chi connectivity index (χ0n) is 8.14. The van der Waals surface area contributed by atoms with Crippen molar-refractivity contribution in [1.29, 1.82) is 0 Å². The van der Waals surface area contributed by atoms with Crippen LogP contribution in [0.15, 0.2) is 0 Å². The molecule has 1 atom stereocenters. The first kappa shape index (κ1) is 10.9. The molecule has 0 radical (unpaired) electrons. The maximum Gasteiger partial charge on any atom is 0.0571 e. The van der Waals surface area contributed by atoms with E-state index in [1.54, 1.807) is 0 Å². The van der Waals surface area contributed by atoms with E-state index < -0.39 is 0 Å². The molecule has 2 N–H and O–H groups in total. The number of hydrogen-bond donors (Lipinski definition) is 1. The van der Waals surface area contributed by atoms with Gasteiger partial charge in [0, 0.05) is 0 Å². The molecule has 1 fully saturated rings. The third kappa shape index (κ3) is 3.73. The SMILES string of the molecule is CC.CCN1CCCCC1N. The highest BCUT2D eigenvalue weighted by atomic mass is 15.2. The maximum atomic E-state index is 5.82. The summed E-state index contributed by atoms with van der Waals surface area (Å²) in [4.78, 5) is 2.34. The molecule has 0 aromatic heterocycles. The average Bonchev–Trinajstić information content (AvgIpc) is 2.09. The molecule has 0 spiro atoms. The Morgan fingerprint density at radius 2 is 2.00 bits per heavy atom. The van der Waals surface area contributed by atoms with E-state index in [2.05, 4.69) is 11.8 Å². The third-order valence-corrected chi connectivity index (χ3v) is 2.07. The molecule has 1 heterocycles. The first-order chi connectivity index (χ1) is 5.34. The van der Waals surface area contributed by atoms with Crippen molar-refractivity contribution >= 4 is 0 Å². The summed E-state index contributed by atoms with van der Waals surface area (Å²) in [5.74, 6) is 0. The summed E-state index contributed by atoms with van der Waals surface area (Å²) in [5, 5.41) is 0. The highest BCUT2D eigenvalue weighted by molar-refractivity contribution is 4.69. The first-order valence-electron chi connectivity index (χ1n) is 4.84. The molecule has 0 bridgehead atoms. The molecule has 1 unspecified atom stereocenters. The Kier molecular flexibility index (Phi) is 6.57. The van der Waals surface area contributed by atoms with Gasteiger partial charge in [-0.2, -0.15) is 0 Å². The summed E-state index contributed by atoms with van der Waals surface area (Å²) in [6.07, 6.45) is 4.19.